The molecule has 1 aromatic heterocycles. The maximum Gasteiger partial charge on any atom is 0.225 e. The normalized spacial score (nSPS) is 17.5. The van der Waals surface area contributed by atoms with E-state index >= 15 is 0 Å². The minimum atomic E-state index is 0.133. The summed E-state index contributed by atoms with van der Waals surface area (Å²) in [7, 11) is 1.98. The third kappa shape index (κ3) is 2.35. The van der Waals surface area contributed by atoms with E-state index in [4.69, 9.17) is 0 Å². The maximum absolute atomic E-state index is 12.2. The first-order chi connectivity index (χ1) is 8.13. The summed E-state index contributed by atoms with van der Waals surface area (Å²) in [6.07, 6.45) is 4.87. The van der Waals surface area contributed by atoms with Crippen molar-refractivity contribution in [2.45, 2.75) is 39.7 Å². The Balaban J connectivity index is 2.16. The molecule has 0 aliphatic carbocycles. The highest BCUT2D eigenvalue weighted by atomic mass is 16.2. The fraction of sp³-hybridized carbons (Fsp3) is 0.692. The second-order valence-corrected chi connectivity index (χ2v) is 4.91. The Bertz CT molecular complexity index is 411. The first kappa shape index (κ1) is 12.1. The molecule has 2 heterocycles. The van der Waals surface area contributed by atoms with Gasteiger partial charge in [-0.15, -0.1) is 0 Å². The largest absolute Gasteiger partial charge is 0.338 e. The van der Waals surface area contributed by atoms with Crippen LogP contribution in [0.2, 0.25) is 0 Å². The summed E-state index contributed by atoms with van der Waals surface area (Å²) < 4.78 is 1.94. The number of carbonyl (C=O) groups is 1. The fourth-order valence-electron chi connectivity index (χ4n) is 2.36. The van der Waals surface area contributed by atoms with E-state index in [0.717, 1.165) is 32.4 Å². The Labute approximate surface area is 103 Å². The Kier molecular flexibility index (Phi) is 3.50. The molecular formula is C13H21N3O. The first-order valence-corrected chi connectivity index (χ1v) is 6.42. The van der Waals surface area contributed by atoms with Crippen molar-refractivity contribution in [1.82, 2.24) is 14.7 Å². The van der Waals surface area contributed by atoms with Crippen LogP contribution in [0.4, 0.5) is 0 Å². The highest BCUT2D eigenvalue weighted by molar-refractivity contribution is 5.78. The van der Waals surface area contributed by atoms with E-state index in [1.165, 1.54) is 11.3 Å². The van der Waals surface area contributed by atoms with Gasteiger partial charge in [0, 0.05) is 37.3 Å². The van der Waals surface area contributed by atoms with Crippen molar-refractivity contribution in [1.29, 1.82) is 0 Å². The van der Waals surface area contributed by atoms with Gasteiger partial charge in [0.15, 0.2) is 0 Å². The molecule has 0 saturated carbocycles. The van der Waals surface area contributed by atoms with Crippen LogP contribution >= 0.6 is 0 Å². The molecule has 1 amide bonds. The van der Waals surface area contributed by atoms with Crippen LogP contribution in [0.5, 0.6) is 0 Å². The molecule has 1 unspecified atom stereocenters. The number of aromatic nitrogens is 2. The van der Waals surface area contributed by atoms with Crippen LogP contribution in [-0.4, -0.2) is 27.1 Å². The predicted molar refractivity (Wildman–Crippen MR) is 66.4 cm³/mol. The van der Waals surface area contributed by atoms with Crippen molar-refractivity contribution < 1.29 is 4.79 Å². The molecule has 1 aromatic rings. The van der Waals surface area contributed by atoms with Gasteiger partial charge in [-0.25, -0.2) is 0 Å². The number of nitrogens with zero attached hydrogens (tertiary/aromatic N) is 3. The van der Waals surface area contributed by atoms with Gasteiger partial charge in [0.1, 0.15) is 0 Å². The number of fused-ring (bicyclic) bond motifs is 1. The lowest BCUT2D eigenvalue weighted by molar-refractivity contribution is -0.135. The molecule has 0 bridgehead atoms. The maximum atomic E-state index is 12.2. The van der Waals surface area contributed by atoms with Crippen LogP contribution in [-0.2, 0) is 24.8 Å². The van der Waals surface area contributed by atoms with E-state index in [0.29, 0.717) is 0 Å². The molecule has 1 atom stereocenters. The van der Waals surface area contributed by atoms with Crippen molar-refractivity contribution in [3.05, 3.63) is 17.5 Å². The molecule has 2 rings (SSSR count). The SMILES string of the molecule is CCC(C)C(=O)N1CCCc2c(cnn2C)C1. The van der Waals surface area contributed by atoms with Gasteiger partial charge < -0.3 is 4.90 Å². The Morgan fingerprint density at radius 1 is 1.59 bits per heavy atom. The molecule has 1 aliphatic rings. The van der Waals surface area contributed by atoms with Crippen molar-refractivity contribution in [2.75, 3.05) is 6.54 Å². The van der Waals surface area contributed by atoms with Crippen molar-refractivity contribution in [2.24, 2.45) is 13.0 Å². The summed E-state index contributed by atoms with van der Waals surface area (Å²) in [5.41, 5.74) is 2.49. The molecule has 94 valence electrons. The minimum Gasteiger partial charge on any atom is -0.338 e. The molecule has 4 nitrogen and oxygen atoms in total. The molecule has 0 radical (unpaired) electrons. The van der Waals surface area contributed by atoms with Crippen LogP contribution in [0.25, 0.3) is 0 Å². The lowest BCUT2D eigenvalue weighted by atomic mass is 10.1. The summed E-state index contributed by atoms with van der Waals surface area (Å²) >= 11 is 0. The number of rotatable bonds is 2. The third-order valence-corrected chi connectivity index (χ3v) is 3.70. The van der Waals surface area contributed by atoms with Crippen LogP contribution in [0, 0.1) is 5.92 Å². The van der Waals surface area contributed by atoms with Gasteiger partial charge in [0.05, 0.1) is 6.20 Å². The Morgan fingerprint density at radius 2 is 2.35 bits per heavy atom. The summed E-state index contributed by atoms with van der Waals surface area (Å²) in [4.78, 5) is 14.2. The lowest BCUT2D eigenvalue weighted by Gasteiger charge is -2.23. The summed E-state index contributed by atoms with van der Waals surface area (Å²) in [6, 6.07) is 0. The molecule has 0 saturated heterocycles. The minimum absolute atomic E-state index is 0.133. The van der Waals surface area contributed by atoms with E-state index in [1.807, 2.05) is 29.7 Å². The molecule has 17 heavy (non-hydrogen) atoms. The van der Waals surface area contributed by atoms with Crippen LogP contribution in [0.1, 0.15) is 37.9 Å². The topological polar surface area (TPSA) is 38.1 Å². The smallest absolute Gasteiger partial charge is 0.225 e. The second-order valence-electron chi connectivity index (χ2n) is 4.91. The highest BCUT2D eigenvalue weighted by Gasteiger charge is 2.23. The van der Waals surface area contributed by atoms with Gasteiger partial charge in [-0.05, 0) is 19.3 Å². The predicted octanol–water partition coefficient (Wildman–Crippen LogP) is 1.74. The van der Waals surface area contributed by atoms with E-state index in [9.17, 15) is 4.79 Å². The number of hydrogen-bond donors (Lipinski definition) is 0. The van der Waals surface area contributed by atoms with Gasteiger partial charge in [0.2, 0.25) is 5.91 Å². The van der Waals surface area contributed by atoms with Crippen LogP contribution < -0.4 is 0 Å². The average molecular weight is 235 g/mol. The molecular weight excluding hydrogens is 214 g/mol. The molecule has 4 heteroatoms. The van der Waals surface area contributed by atoms with Crippen LogP contribution in [0.15, 0.2) is 6.20 Å². The first-order valence-electron chi connectivity index (χ1n) is 6.42. The number of carbonyl (C=O) groups excluding carboxylic acids is 1. The van der Waals surface area contributed by atoms with Crippen molar-refractivity contribution in [3.8, 4) is 0 Å². The third-order valence-electron chi connectivity index (χ3n) is 3.70. The summed E-state index contributed by atoms with van der Waals surface area (Å²) in [5.74, 6) is 0.414. The zero-order chi connectivity index (χ0) is 12.4. The molecule has 0 spiro atoms. The van der Waals surface area contributed by atoms with Crippen molar-refractivity contribution in [3.63, 3.8) is 0 Å². The highest BCUT2D eigenvalue weighted by Crippen LogP contribution is 2.19. The molecule has 0 aromatic carbocycles. The molecule has 0 N–H and O–H groups in total. The van der Waals surface area contributed by atoms with Gasteiger partial charge in [0.25, 0.3) is 0 Å². The monoisotopic (exact) mass is 235 g/mol. The quantitative estimate of drug-likeness (QED) is 0.783. The van der Waals surface area contributed by atoms with E-state index < -0.39 is 0 Å². The lowest BCUT2D eigenvalue weighted by Crippen LogP contribution is -2.34. The Hall–Kier alpha value is -1.32. The number of aryl methyl sites for hydroxylation is 1. The zero-order valence-electron chi connectivity index (χ0n) is 10.9. The number of hydrogen-bond acceptors (Lipinski definition) is 2. The fourth-order valence-corrected chi connectivity index (χ4v) is 2.36. The summed E-state index contributed by atoms with van der Waals surface area (Å²) in [5, 5.41) is 4.28. The van der Waals surface area contributed by atoms with E-state index in [-0.39, 0.29) is 11.8 Å². The number of amides is 1. The zero-order valence-corrected chi connectivity index (χ0v) is 10.9. The standard InChI is InChI=1S/C13H21N3O/c1-4-10(2)13(17)16-7-5-6-12-11(9-16)8-14-15(12)3/h8,10H,4-7,9H2,1-3H3. The van der Waals surface area contributed by atoms with Gasteiger partial charge in [-0.3, -0.25) is 9.48 Å². The average Bonchev–Trinajstić information content (AvgIpc) is 2.56. The van der Waals surface area contributed by atoms with Gasteiger partial charge in [-0.1, -0.05) is 13.8 Å². The van der Waals surface area contributed by atoms with Gasteiger partial charge >= 0.3 is 0 Å². The molecule has 1 aliphatic heterocycles. The Morgan fingerprint density at radius 3 is 3.06 bits per heavy atom. The van der Waals surface area contributed by atoms with E-state index in [1.54, 1.807) is 0 Å². The second kappa shape index (κ2) is 4.90. The van der Waals surface area contributed by atoms with Gasteiger partial charge in [-0.2, -0.15) is 5.10 Å². The van der Waals surface area contributed by atoms with Crippen LogP contribution in [0.3, 0.4) is 0 Å². The summed E-state index contributed by atoms with van der Waals surface area (Å²) in [6.45, 7) is 5.68. The molecule has 0 fully saturated rings. The van der Waals surface area contributed by atoms with Crippen molar-refractivity contribution >= 4 is 5.91 Å². The van der Waals surface area contributed by atoms with E-state index in [2.05, 4.69) is 12.0 Å².